The lowest BCUT2D eigenvalue weighted by molar-refractivity contribution is 0.183. The molecule has 6 heteroatoms. The van der Waals surface area contributed by atoms with Crippen LogP contribution in [0.1, 0.15) is 5.82 Å². The Balaban J connectivity index is 1.93. The SMILES string of the molecule is COCCn1cnnc1COc1ccc(Cl)cc1. The summed E-state index contributed by atoms with van der Waals surface area (Å²) in [5.41, 5.74) is 0. The Hall–Kier alpha value is -1.59. The molecule has 0 fully saturated rings. The summed E-state index contributed by atoms with van der Waals surface area (Å²) in [6.07, 6.45) is 1.67. The highest BCUT2D eigenvalue weighted by Crippen LogP contribution is 2.16. The van der Waals surface area contributed by atoms with Gasteiger partial charge < -0.3 is 14.0 Å². The molecule has 0 aliphatic rings. The predicted molar refractivity (Wildman–Crippen MR) is 67.7 cm³/mol. The molecule has 0 unspecified atom stereocenters. The smallest absolute Gasteiger partial charge is 0.170 e. The molecule has 0 aliphatic carbocycles. The van der Waals surface area contributed by atoms with Gasteiger partial charge >= 0.3 is 0 Å². The molecule has 1 aromatic heterocycles. The number of rotatable bonds is 6. The molecule has 0 N–H and O–H groups in total. The van der Waals surface area contributed by atoms with E-state index in [0.717, 1.165) is 11.6 Å². The van der Waals surface area contributed by atoms with Gasteiger partial charge in [0.25, 0.3) is 0 Å². The maximum Gasteiger partial charge on any atom is 0.170 e. The summed E-state index contributed by atoms with van der Waals surface area (Å²) in [6, 6.07) is 7.20. The largest absolute Gasteiger partial charge is 0.486 e. The number of benzene rings is 1. The Bertz CT molecular complexity index is 484. The van der Waals surface area contributed by atoms with Crippen molar-refractivity contribution in [3.05, 3.63) is 41.4 Å². The summed E-state index contributed by atoms with van der Waals surface area (Å²) in [5, 5.41) is 8.55. The first-order chi connectivity index (χ1) is 8.79. The molecule has 0 aliphatic heterocycles. The number of hydrogen-bond donors (Lipinski definition) is 0. The van der Waals surface area contributed by atoms with Crippen LogP contribution in [0.4, 0.5) is 0 Å². The van der Waals surface area contributed by atoms with E-state index in [1.807, 2.05) is 16.7 Å². The van der Waals surface area contributed by atoms with E-state index in [4.69, 9.17) is 21.1 Å². The first kappa shape index (κ1) is 12.9. The van der Waals surface area contributed by atoms with Crippen LogP contribution in [0.5, 0.6) is 5.75 Å². The van der Waals surface area contributed by atoms with Crippen molar-refractivity contribution in [2.75, 3.05) is 13.7 Å². The molecule has 96 valence electrons. The number of hydrogen-bond acceptors (Lipinski definition) is 4. The van der Waals surface area contributed by atoms with Gasteiger partial charge in [0.15, 0.2) is 5.82 Å². The second kappa shape index (κ2) is 6.37. The number of nitrogens with zero attached hydrogens (tertiary/aromatic N) is 3. The second-order valence-electron chi connectivity index (χ2n) is 3.68. The van der Waals surface area contributed by atoms with Crippen molar-refractivity contribution in [1.29, 1.82) is 0 Å². The lowest BCUT2D eigenvalue weighted by Gasteiger charge is -2.07. The van der Waals surface area contributed by atoms with E-state index >= 15 is 0 Å². The van der Waals surface area contributed by atoms with Crippen LogP contribution in [0, 0.1) is 0 Å². The van der Waals surface area contributed by atoms with Gasteiger partial charge in [0.1, 0.15) is 18.7 Å². The number of halogens is 1. The van der Waals surface area contributed by atoms with Crippen molar-refractivity contribution in [1.82, 2.24) is 14.8 Å². The summed E-state index contributed by atoms with van der Waals surface area (Å²) < 4.78 is 12.5. The lowest BCUT2D eigenvalue weighted by Crippen LogP contribution is -2.09. The third kappa shape index (κ3) is 3.45. The zero-order valence-electron chi connectivity index (χ0n) is 10.0. The van der Waals surface area contributed by atoms with Crippen LogP contribution in [0.15, 0.2) is 30.6 Å². The molecule has 2 aromatic rings. The molecule has 0 amide bonds. The molecule has 0 radical (unpaired) electrons. The van der Waals surface area contributed by atoms with Gasteiger partial charge in [0, 0.05) is 18.7 Å². The number of aromatic nitrogens is 3. The van der Waals surface area contributed by atoms with E-state index < -0.39 is 0 Å². The van der Waals surface area contributed by atoms with Crippen molar-refractivity contribution < 1.29 is 9.47 Å². The van der Waals surface area contributed by atoms with Gasteiger partial charge in [-0.1, -0.05) is 11.6 Å². The van der Waals surface area contributed by atoms with Gasteiger partial charge in [-0.25, -0.2) is 0 Å². The zero-order valence-corrected chi connectivity index (χ0v) is 10.8. The minimum absolute atomic E-state index is 0.366. The summed E-state index contributed by atoms with van der Waals surface area (Å²) in [5.74, 6) is 1.52. The van der Waals surface area contributed by atoms with Crippen LogP contribution >= 0.6 is 11.6 Å². The zero-order chi connectivity index (χ0) is 12.8. The van der Waals surface area contributed by atoms with Gasteiger partial charge in [0.2, 0.25) is 0 Å². The molecule has 0 spiro atoms. The van der Waals surface area contributed by atoms with Gasteiger partial charge in [-0.2, -0.15) is 0 Å². The minimum atomic E-state index is 0.366. The van der Waals surface area contributed by atoms with Crippen molar-refractivity contribution in [2.24, 2.45) is 0 Å². The number of methoxy groups -OCH3 is 1. The number of ether oxygens (including phenoxy) is 2. The molecule has 5 nitrogen and oxygen atoms in total. The van der Waals surface area contributed by atoms with E-state index in [1.165, 1.54) is 0 Å². The first-order valence-electron chi connectivity index (χ1n) is 5.53. The fraction of sp³-hybridized carbons (Fsp3) is 0.333. The van der Waals surface area contributed by atoms with Crippen molar-refractivity contribution >= 4 is 11.6 Å². The van der Waals surface area contributed by atoms with E-state index in [2.05, 4.69) is 10.2 Å². The van der Waals surface area contributed by atoms with Crippen LogP contribution < -0.4 is 4.74 Å². The molecular weight excluding hydrogens is 254 g/mol. The summed E-state index contributed by atoms with van der Waals surface area (Å²) >= 11 is 5.80. The molecule has 0 atom stereocenters. The Morgan fingerprint density at radius 1 is 1.28 bits per heavy atom. The molecule has 1 aromatic carbocycles. The fourth-order valence-corrected chi connectivity index (χ4v) is 1.57. The van der Waals surface area contributed by atoms with E-state index in [9.17, 15) is 0 Å². The summed E-state index contributed by atoms with van der Waals surface area (Å²) in [6.45, 7) is 1.69. The molecule has 0 bridgehead atoms. The van der Waals surface area contributed by atoms with Crippen molar-refractivity contribution in [2.45, 2.75) is 13.2 Å². The third-order valence-corrected chi connectivity index (χ3v) is 2.67. The van der Waals surface area contributed by atoms with Gasteiger partial charge in [-0.15, -0.1) is 10.2 Å². The maximum atomic E-state index is 5.80. The van der Waals surface area contributed by atoms with Crippen molar-refractivity contribution in [3.8, 4) is 5.75 Å². The monoisotopic (exact) mass is 267 g/mol. The topological polar surface area (TPSA) is 49.2 Å². The summed E-state index contributed by atoms with van der Waals surface area (Å²) in [4.78, 5) is 0. The Morgan fingerprint density at radius 2 is 2.06 bits per heavy atom. The van der Waals surface area contributed by atoms with Crippen LogP contribution in [0.3, 0.4) is 0 Å². The van der Waals surface area contributed by atoms with Crippen LogP contribution in [-0.2, 0) is 17.9 Å². The average molecular weight is 268 g/mol. The maximum absolute atomic E-state index is 5.80. The highest BCUT2D eigenvalue weighted by Gasteiger charge is 2.04. The Morgan fingerprint density at radius 3 is 2.78 bits per heavy atom. The second-order valence-corrected chi connectivity index (χ2v) is 4.11. The van der Waals surface area contributed by atoms with Gasteiger partial charge in [-0.3, -0.25) is 0 Å². The average Bonchev–Trinajstić information content (AvgIpc) is 2.83. The quantitative estimate of drug-likeness (QED) is 0.805. The van der Waals surface area contributed by atoms with Crippen molar-refractivity contribution in [3.63, 3.8) is 0 Å². The molecule has 1 heterocycles. The highest BCUT2D eigenvalue weighted by atomic mass is 35.5. The Labute approximate surface area is 110 Å². The summed E-state index contributed by atoms with van der Waals surface area (Å²) in [7, 11) is 1.66. The third-order valence-electron chi connectivity index (χ3n) is 2.41. The lowest BCUT2D eigenvalue weighted by atomic mass is 10.3. The molecule has 2 rings (SSSR count). The molecular formula is C12H14ClN3O2. The van der Waals surface area contributed by atoms with E-state index in [-0.39, 0.29) is 0 Å². The Kier molecular flexibility index (Phi) is 4.55. The molecule has 18 heavy (non-hydrogen) atoms. The van der Waals surface area contributed by atoms with E-state index in [1.54, 1.807) is 25.6 Å². The highest BCUT2D eigenvalue weighted by molar-refractivity contribution is 6.30. The van der Waals surface area contributed by atoms with Gasteiger partial charge in [0.05, 0.1) is 6.61 Å². The molecule has 0 saturated carbocycles. The molecule has 0 saturated heterocycles. The minimum Gasteiger partial charge on any atom is -0.486 e. The normalized spacial score (nSPS) is 10.6. The predicted octanol–water partition coefficient (Wildman–Crippen LogP) is 2.16. The fourth-order valence-electron chi connectivity index (χ4n) is 1.45. The van der Waals surface area contributed by atoms with Crippen LogP contribution in [-0.4, -0.2) is 28.5 Å². The van der Waals surface area contributed by atoms with Crippen LogP contribution in [0.25, 0.3) is 0 Å². The van der Waals surface area contributed by atoms with Gasteiger partial charge in [-0.05, 0) is 24.3 Å². The van der Waals surface area contributed by atoms with Crippen LogP contribution in [0.2, 0.25) is 5.02 Å². The van der Waals surface area contributed by atoms with E-state index in [0.29, 0.717) is 24.8 Å². The first-order valence-corrected chi connectivity index (χ1v) is 5.91. The standard InChI is InChI=1S/C12H14ClN3O2/c1-17-7-6-16-9-14-15-12(16)8-18-11-4-2-10(13)3-5-11/h2-5,9H,6-8H2,1H3.